The second-order valence-corrected chi connectivity index (χ2v) is 7.75. The summed E-state index contributed by atoms with van der Waals surface area (Å²) in [6, 6.07) is 14.3. The van der Waals surface area contributed by atoms with Gasteiger partial charge in [-0.25, -0.2) is 0 Å². The molecule has 1 fully saturated rings. The fourth-order valence-corrected chi connectivity index (χ4v) is 3.41. The number of hydrogen-bond acceptors (Lipinski definition) is 3. The predicted molar refractivity (Wildman–Crippen MR) is 131 cm³/mol. The van der Waals surface area contributed by atoms with E-state index in [1.54, 1.807) is 6.41 Å². The van der Waals surface area contributed by atoms with Gasteiger partial charge in [0.25, 0.3) is 0 Å². The molecule has 4 nitrogen and oxygen atoms in total. The van der Waals surface area contributed by atoms with Crippen molar-refractivity contribution >= 4 is 17.7 Å². The maximum atomic E-state index is 10.3. The summed E-state index contributed by atoms with van der Waals surface area (Å²) < 4.78 is 6.09. The van der Waals surface area contributed by atoms with E-state index in [9.17, 15) is 4.79 Å². The number of ether oxygens (including phenoxy) is 1. The van der Waals surface area contributed by atoms with Crippen LogP contribution >= 0.6 is 0 Å². The molecule has 0 aromatic heterocycles. The number of hydrogen-bond donors (Lipinski definition) is 2. The zero-order valence-corrected chi connectivity index (χ0v) is 19.7. The molecule has 5 heteroatoms. The van der Waals surface area contributed by atoms with Gasteiger partial charge in [-0.3, -0.25) is 0 Å². The summed E-state index contributed by atoms with van der Waals surface area (Å²) >= 11 is 0. The molecule has 1 saturated carbocycles. The van der Waals surface area contributed by atoms with Crippen LogP contribution in [0.1, 0.15) is 55.2 Å². The van der Waals surface area contributed by atoms with Crippen LogP contribution < -0.4 is 34.2 Å². The summed E-state index contributed by atoms with van der Waals surface area (Å²) in [6.07, 6.45) is 7.32. The van der Waals surface area contributed by atoms with Crippen LogP contribution in [0.4, 0.5) is 5.69 Å². The molecule has 0 aliphatic heterocycles. The Labute approximate surface area is 206 Å². The molecule has 168 valence electrons. The summed E-state index contributed by atoms with van der Waals surface area (Å²) in [7, 11) is 0. The van der Waals surface area contributed by atoms with Crippen molar-refractivity contribution < 1.29 is 28.4 Å². The number of carbonyl (C=O) groups excluding carboxylic acids is 1. The Bertz CT molecular complexity index is 815. The maximum Gasteiger partial charge on any atom is 1.00 e. The number of anilines is 1. The van der Waals surface area contributed by atoms with E-state index in [0.717, 1.165) is 49.4 Å². The van der Waals surface area contributed by atoms with E-state index in [-0.39, 0.29) is 18.9 Å². The summed E-state index contributed by atoms with van der Waals surface area (Å²) in [6.45, 7) is 15.5. The first-order valence-corrected chi connectivity index (χ1v) is 11.0. The molecule has 2 N–H and O–H groups in total. The van der Waals surface area contributed by atoms with Gasteiger partial charge in [-0.05, 0) is 62.1 Å². The minimum atomic E-state index is 0. The summed E-state index contributed by atoms with van der Waals surface area (Å²) in [4.78, 5) is 10.3. The van der Waals surface area contributed by atoms with Gasteiger partial charge in [0, 0.05) is 5.56 Å². The molecule has 0 radical (unpaired) electrons. The standard InChI is InChI=1S/C23H26NO2.C4H9N.Li/c1-17(2)23-21(19-11-12-19)7-5-8-22(23)26-15-4-3-6-18-9-13-20(14-10-18)24-16-25;1-3-5-4-2;/h5,7-10,13-14,19H,1,3-4,6,11-12,15H2,2H3,(H,24,25);5H,1-4H2;/q-1;-2;+1. The van der Waals surface area contributed by atoms with Crippen molar-refractivity contribution in [1.82, 2.24) is 5.32 Å². The van der Waals surface area contributed by atoms with Gasteiger partial charge in [-0.15, -0.1) is 30.9 Å². The van der Waals surface area contributed by atoms with Gasteiger partial charge in [0.05, 0.1) is 13.0 Å². The average molecular weight is 427 g/mol. The molecule has 1 aliphatic carbocycles. The van der Waals surface area contributed by atoms with Crippen molar-refractivity contribution in [3.8, 4) is 5.75 Å². The van der Waals surface area contributed by atoms with Crippen LogP contribution in [0.3, 0.4) is 0 Å². The molecule has 32 heavy (non-hydrogen) atoms. The molecule has 0 bridgehead atoms. The molecule has 0 heterocycles. The van der Waals surface area contributed by atoms with Crippen molar-refractivity contribution in [2.45, 2.75) is 44.9 Å². The largest absolute Gasteiger partial charge is 1.00 e. The molecule has 2 aromatic rings. The molecule has 0 saturated heterocycles. The number of rotatable bonds is 12. The van der Waals surface area contributed by atoms with E-state index < -0.39 is 0 Å². The summed E-state index contributed by atoms with van der Waals surface area (Å²) in [5.74, 6) is 1.67. The topological polar surface area (TPSA) is 50.4 Å². The van der Waals surface area contributed by atoms with Crippen LogP contribution in [0.25, 0.3) is 5.57 Å². The second-order valence-electron chi connectivity index (χ2n) is 7.75. The third-order valence-corrected chi connectivity index (χ3v) is 5.12. The first kappa shape index (κ1) is 28.0. The van der Waals surface area contributed by atoms with E-state index in [1.165, 1.54) is 29.5 Å². The third-order valence-electron chi connectivity index (χ3n) is 5.12. The molecule has 3 rings (SSSR count). The fraction of sp³-hybridized carbons (Fsp3) is 0.370. The number of unbranched alkanes of at least 4 members (excludes halogenated alkanes) is 1. The molecular weight excluding hydrogens is 391 g/mol. The van der Waals surface area contributed by atoms with Crippen molar-refractivity contribution in [3.05, 3.63) is 79.6 Å². The second kappa shape index (κ2) is 15.8. The molecule has 0 spiro atoms. The number of allylic oxidation sites excluding steroid dienone is 1. The van der Waals surface area contributed by atoms with E-state index in [1.807, 2.05) is 24.3 Å². The molecule has 1 aliphatic rings. The Morgan fingerprint density at radius 2 is 1.81 bits per heavy atom. The Morgan fingerprint density at radius 3 is 2.34 bits per heavy atom. The normalized spacial score (nSPS) is 12.1. The van der Waals surface area contributed by atoms with E-state index in [0.29, 0.717) is 12.5 Å². The van der Waals surface area contributed by atoms with Crippen LogP contribution in [0.2, 0.25) is 0 Å². The van der Waals surface area contributed by atoms with Crippen LogP contribution in [-0.4, -0.2) is 26.1 Å². The number of amides is 1. The Morgan fingerprint density at radius 1 is 1.12 bits per heavy atom. The van der Waals surface area contributed by atoms with Gasteiger partial charge < -0.3 is 34.0 Å². The van der Waals surface area contributed by atoms with Gasteiger partial charge >= 0.3 is 18.9 Å². The quantitative estimate of drug-likeness (QED) is 0.238. The first-order chi connectivity index (χ1) is 15.1. The zero-order valence-electron chi connectivity index (χ0n) is 19.7. The minimum Gasteiger partial charge on any atom is -0.493 e. The average Bonchev–Trinajstić information content (AvgIpc) is 3.61. The maximum absolute atomic E-state index is 10.3. The Hall–Kier alpha value is -1.99. The van der Waals surface area contributed by atoms with Crippen LogP contribution in [-0.2, 0) is 11.2 Å². The van der Waals surface area contributed by atoms with Gasteiger partial charge in [0.1, 0.15) is 5.75 Å². The van der Waals surface area contributed by atoms with Crippen molar-refractivity contribution in [2.24, 2.45) is 0 Å². The molecule has 1 amide bonds. The SMILES string of the molecule is C=C(C)c1c(OCCCCc2ccc(N[C-]=O)cc2)cccc1C1CC1.[CH2-]CNC[CH2-].[Li+]. The fourth-order valence-electron chi connectivity index (χ4n) is 3.41. The summed E-state index contributed by atoms with van der Waals surface area (Å²) in [5.41, 5.74) is 5.74. The van der Waals surface area contributed by atoms with Crippen molar-refractivity contribution in [2.75, 3.05) is 25.0 Å². The van der Waals surface area contributed by atoms with E-state index in [2.05, 4.69) is 56.2 Å². The van der Waals surface area contributed by atoms with Crippen LogP contribution in [0.5, 0.6) is 5.75 Å². The monoisotopic (exact) mass is 426 g/mol. The van der Waals surface area contributed by atoms with Gasteiger partial charge in [0.15, 0.2) is 0 Å². The van der Waals surface area contributed by atoms with Crippen LogP contribution in [0, 0.1) is 13.8 Å². The smallest absolute Gasteiger partial charge is 0.493 e. The molecule has 2 aromatic carbocycles. The van der Waals surface area contributed by atoms with Gasteiger partial charge in [-0.2, -0.15) is 0 Å². The molecule has 0 atom stereocenters. The Kier molecular flexibility index (Phi) is 13.8. The van der Waals surface area contributed by atoms with Crippen molar-refractivity contribution in [3.63, 3.8) is 0 Å². The number of aryl methyl sites for hydroxylation is 1. The molecular formula is C27H35LiN2O2-2. The zero-order chi connectivity index (χ0) is 22.5. The predicted octanol–water partition coefficient (Wildman–Crippen LogP) is 2.73. The van der Waals surface area contributed by atoms with Gasteiger partial charge in [-0.1, -0.05) is 36.4 Å². The number of benzene rings is 2. The summed E-state index contributed by atoms with van der Waals surface area (Å²) in [5, 5.41) is 5.42. The third kappa shape index (κ3) is 9.65. The minimum absolute atomic E-state index is 0. The van der Waals surface area contributed by atoms with E-state index >= 15 is 0 Å². The van der Waals surface area contributed by atoms with Crippen molar-refractivity contribution in [1.29, 1.82) is 0 Å². The van der Waals surface area contributed by atoms with Crippen LogP contribution in [0.15, 0.2) is 49.0 Å². The number of nitrogens with one attached hydrogen (secondary N) is 2. The van der Waals surface area contributed by atoms with E-state index in [4.69, 9.17) is 4.74 Å². The Balaban J connectivity index is 0.000000770. The first-order valence-electron chi connectivity index (χ1n) is 11.0. The van der Waals surface area contributed by atoms with Gasteiger partial charge in [0.2, 0.25) is 0 Å². The molecule has 0 unspecified atom stereocenters.